The van der Waals surface area contributed by atoms with Crippen LogP contribution in [-0.4, -0.2) is 63.1 Å². The molecule has 1 aromatic heterocycles. The fourth-order valence-electron chi connectivity index (χ4n) is 4.77. The molecule has 2 aromatic rings. The summed E-state index contributed by atoms with van der Waals surface area (Å²) in [6.07, 6.45) is 7.80. The van der Waals surface area contributed by atoms with E-state index in [4.69, 9.17) is 9.47 Å². The summed E-state index contributed by atoms with van der Waals surface area (Å²) < 4.78 is 12.7. The van der Waals surface area contributed by atoms with Crippen molar-refractivity contribution in [2.75, 3.05) is 19.9 Å². The number of ether oxygens (including phenoxy) is 2. The van der Waals surface area contributed by atoms with Crippen LogP contribution < -0.4 is 20.1 Å². The van der Waals surface area contributed by atoms with Crippen molar-refractivity contribution in [2.45, 2.75) is 70.1 Å². The van der Waals surface area contributed by atoms with Gasteiger partial charge in [0, 0.05) is 25.2 Å². The average Bonchev–Trinajstić information content (AvgIpc) is 3.45. The Morgan fingerprint density at radius 1 is 0.969 bits per heavy atom. The summed E-state index contributed by atoms with van der Waals surface area (Å²) >= 11 is 0. The summed E-state index contributed by atoms with van der Waals surface area (Å²) in [4.78, 5) is 14.7. The highest BCUT2D eigenvalue weighted by Crippen LogP contribution is 2.32. The molecule has 3 heterocycles. The Hall–Kier alpha value is -2.88. The molecule has 172 valence electrons. The average molecular weight is 442 g/mol. The number of fused-ring (bicyclic) bond motifs is 1. The van der Waals surface area contributed by atoms with Crippen LogP contribution in [0.15, 0.2) is 18.2 Å². The van der Waals surface area contributed by atoms with Gasteiger partial charge in [0.05, 0.1) is 13.1 Å². The zero-order chi connectivity index (χ0) is 21.8. The predicted octanol–water partition coefficient (Wildman–Crippen LogP) is 2.05. The molecule has 1 aromatic carbocycles. The molecule has 2 fully saturated rings. The first-order valence-corrected chi connectivity index (χ1v) is 11.7. The number of tetrazole rings is 1. The molecule has 10 nitrogen and oxygen atoms in total. The zero-order valence-electron chi connectivity index (χ0n) is 18.3. The highest BCUT2D eigenvalue weighted by atomic mass is 16.7. The molecular weight excluding hydrogens is 410 g/mol. The van der Waals surface area contributed by atoms with Gasteiger partial charge in [-0.3, -0.25) is 4.90 Å². The van der Waals surface area contributed by atoms with Crippen molar-refractivity contribution in [3.05, 3.63) is 29.6 Å². The SMILES string of the molecule is O=C(NC1CCCCC1)NC1CCN(Cc2nnnn2Cc2ccc3c(c2)OCO3)CC1. The van der Waals surface area contributed by atoms with Gasteiger partial charge in [0.2, 0.25) is 6.79 Å². The van der Waals surface area contributed by atoms with Crippen LogP contribution in [0, 0.1) is 0 Å². The topological polar surface area (TPSA) is 106 Å². The van der Waals surface area contributed by atoms with Crippen LogP contribution in [0.3, 0.4) is 0 Å². The van der Waals surface area contributed by atoms with Crippen molar-refractivity contribution in [1.82, 2.24) is 35.7 Å². The second kappa shape index (κ2) is 9.72. The maximum Gasteiger partial charge on any atom is 0.315 e. The first-order valence-electron chi connectivity index (χ1n) is 11.7. The Morgan fingerprint density at radius 2 is 1.72 bits per heavy atom. The second-order valence-corrected chi connectivity index (χ2v) is 8.94. The van der Waals surface area contributed by atoms with E-state index in [1.807, 2.05) is 22.9 Å². The van der Waals surface area contributed by atoms with E-state index in [0.29, 0.717) is 19.1 Å². The molecule has 0 atom stereocenters. The maximum atomic E-state index is 12.3. The molecule has 2 amide bonds. The highest BCUT2D eigenvalue weighted by molar-refractivity contribution is 5.74. The molecular formula is C22H31N7O3. The van der Waals surface area contributed by atoms with Crippen LogP contribution in [0.2, 0.25) is 0 Å². The number of likely N-dealkylation sites (tertiary alicyclic amines) is 1. The van der Waals surface area contributed by atoms with E-state index in [2.05, 4.69) is 31.1 Å². The van der Waals surface area contributed by atoms with Gasteiger partial charge in [-0.15, -0.1) is 5.10 Å². The van der Waals surface area contributed by atoms with E-state index in [-0.39, 0.29) is 18.9 Å². The lowest BCUT2D eigenvalue weighted by Gasteiger charge is -2.32. The van der Waals surface area contributed by atoms with Gasteiger partial charge in [-0.1, -0.05) is 25.3 Å². The van der Waals surface area contributed by atoms with Gasteiger partial charge in [0.1, 0.15) is 0 Å². The van der Waals surface area contributed by atoms with Crippen LogP contribution in [0.4, 0.5) is 4.79 Å². The van der Waals surface area contributed by atoms with Gasteiger partial charge >= 0.3 is 6.03 Å². The summed E-state index contributed by atoms with van der Waals surface area (Å²) in [6.45, 7) is 3.36. The molecule has 1 saturated carbocycles. The van der Waals surface area contributed by atoms with E-state index >= 15 is 0 Å². The monoisotopic (exact) mass is 441 g/mol. The second-order valence-electron chi connectivity index (χ2n) is 8.94. The number of carbonyl (C=O) groups excluding carboxylic acids is 1. The number of benzene rings is 1. The highest BCUT2D eigenvalue weighted by Gasteiger charge is 2.24. The summed E-state index contributed by atoms with van der Waals surface area (Å²) in [7, 11) is 0. The fraction of sp³-hybridized carbons (Fsp3) is 0.636. The van der Waals surface area contributed by atoms with Gasteiger partial charge in [-0.2, -0.15) is 0 Å². The smallest absolute Gasteiger partial charge is 0.315 e. The van der Waals surface area contributed by atoms with Crippen molar-refractivity contribution in [1.29, 1.82) is 0 Å². The van der Waals surface area contributed by atoms with Gasteiger partial charge in [-0.05, 0) is 53.8 Å². The Morgan fingerprint density at radius 3 is 2.53 bits per heavy atom. The molecule has 5 rings (SSSR count). The van der Waals surface area contributed by atoms with Gasteiger partial charge in [0.15, 0.2) is 17.3 Å². The van der Waals surface area contributed by atoms with Crippen molar-refractivity contribution in [3.8, 4) is 11.5 Å². The van der Waals surface area contributed by atoms with E-state index in [1.165, 1.54) is 19.3 Å². The largest absolute Gasteiger partial charge is 0.454 e. The number of amides is 2. The van der Waals surface area contributed by atoms with Crippen LogP contribution in [0.25, 0.3) is 0 Å². The molecule has 2 N–H and O–H groups in total. The van der Waals surface area contributed by atoms with Crippen molar-refractivity contribution in [2.24, 2.45) is 0 Å². The Labute approximate surface area is 187 Å². The van der Waals surface area contributed by atoms with Crippen LogP contribution >= 0.6 is 0 Å². The van der Waals surface area contributed by atoms with Gasteiger partial charge in [0.25, 0.3) is 0 Å². The quantitative estimate of drug-likeness (QED) is 0.707. The first-order chi connectivity index (χ1) is 15.7. The van der Waals surface area contributed by atoms with E-state index < -0.39 is 0 Å². The minimum Gasteiger partial charge on any atom is -0.454 e. The number of aromatic nitrogens is 4. The predicted molar refractivity (Wildman–Crippen MR) is 116 cm³/mol. The fourth-order valence-corrected chi connectivity index (χ4v) is 4.77. The molecule has 1 saturated heterocycles. The summed E-state index contributed by atoms with van der Waals surface area (Å²) in [5, 5.41) is 18.6. The molecule has 0 radical (unpaired) electrons. The molecule has 3 aliphatic rings. The maximum absolute atomic E-state index is 12.3. The number of hydrogen-bond acceptors (Lipinski definition) is 7. The van der Waals surface area contributed by atoms with Crippen LogP contribution in [-0.2, 0) is 13.1 Å². The van der Waals surface area contributed by atoms with Crippen molar-refractivity contribution in [3.63, 3.8) is 0 Å². The minimum atomic E-state index is -0.0111. The van der Waals surface area contributed by atoms with Crippen LogP contribution in [0.5, 0.6) is 11.5 Å². The standard InChI is InChI=1S/C22H31N7O3/c30-22(23-17-4-2-1-3-5-17)24-18-8-10-28(11-9-18)14-21-25-26-27-29(21)13-16-6-7-19-20(12-16)32-15-31-19/h6-7,12,17-18H,1-5,8-11,13-15H2,(H2,23,24,30). The third-order valence-electron chi connectivity index (χ3n) is 6.60. The molecule has 0 bridgehead atoms. The molecule has 0 spiro atoms. The van der Waals surface area contributed by atoms with E-state index in [0.717, 1.165) is 61.7 Å². The normalized spacial score (nSPS) is 19.8. The first kappa shape index (κ1) is 21.0. The molecule has 2 aliphatic heterocycles. The zero-order valence-corrected chi connectivity index (χ0v) is 18.3. The van der Waals surface area contributed by atoms with Crippen LogP contribution in [0.1, 0.15) is 56.3 Å². The third kappa shape index (κ3) is 5.12. The summed E-state index contributed by atoms with van der Waals surface area (Å²) in [5.41, 5.74) is 1.06. The lowest BCUT2D eigenvalue weighted by Crippen LogP contribution is -2.50. The number of nitrogens with zero attached hydrogens (tertiary/aromatic N) is 5. The molecule has 1 aliphatic carbocycles. The van der Waals surface area contributed by atoms with Gasteiger partial charge < -0.3 is 20.1 Å². The summed E-state index contributed by atoms with van der Waals surface area (Å²) in [5.74, 6) is 2.37. The van der Waals surface area contributed by atoms with Crippen molar-refractivity contribution >= 4 is 6.03 Å². The number of rotatable bonds is 6. The molecule has 0 unspecified atom stereocenters. The minimum absolute atomic E-state index is 0.0111. The number of piperidine rings is 1. The molecule has 32 heavy (non-hydrogen) atoms. The van der Waals surface area contributed by atoms with E-state index in [1.54, 1.807) is 0 Å². The lowest BCUT2D eigenvalue weighted by atomic mass is 9.96. The van der Waals surface area contributed by atoms with Crippen molar-refractivity contribution < 1.29 is 14.3 Å². The number of hydrogen-bond donors (Lipinski definition) is 2. The molecule has 10 heteroatoms. The Balaban J connectivity index is 1.09. The Kier molecular flexibility index (Phi) is 6.38. The number of urea groups is 1. The lowest BCUT2D eigenvalue weighted by molar-refractivity contribution is 0.174. The summed E-state index contributed by atoms with van der Waals surface area (Å²) in [6, 6.07) is 6.46. The number of carbonyl (C=O) groups is 1. The van der Waals surface area contributed by atoms with Gasteiger partial charge in [-0.25, -0.2) is 9.48 Å². The number of nitrogens with one attached hydrogen (secondary N) is 2. The third-order valence-corrected chi connectivity index (χ3v) is 6.60. The van der Waals surface area contributed by atoms with E-state index in [9.17, 15) is 4.79 Å². The Bertz CT molecular complexity index is 920.